The standard InChI is InChI=1S/C17H20N2O4/c1-3-22-8-9-23-13-4-5-14-12(10-13)6-7-19-15(14)11-16(21-2)18-17(19)20/h4-5,10-11H,3,6-9H2,1-2H3. The van der Waals surface area contributed by atoms with Crippen LogP contribution in [0.3, 0.4) is 0 Å². The molecule has 1 aromatic heterocycles. The van der Waals surface area contributed by atoms with E-state index in [1.165, 1.54) is 7.11 Å². The summed E-state index contributed by atoms with van der Waals surface area (Å²) in [6, 6.07) is 7.73. The molecule has 1 aliphatic heterocycles. The van der Waals surface area contributed by atoms with E-state index in [0.29, 0.717) is 32.2 Å². The smallest absolute Gasteiger partial charge is 0.351 e. The summed E-state index contributed by atoms with van der Waals surface area (Å²) >= 11 is 0. The van der Waals surface area contributed by atoms with Crippen LogP contribution in [0.15, 0.2) is 29.1 Å². The van der Waals surface area contributed by atoms with Crippen LogP contribution in [0.25, 0.3) is 11.3 Å². The van der Waals surface area contributed by atoms with Crippen molar-refractivity contribution in [1.29, 1.82) is 0 Å². The molecular weight excluding hydrogens is 296 g/mol. The molecule has 2 aromatic rings. The molecule has 1 aromatic carbocycles. The number of aryl methyl sites for hydroxylation is 1. The fourth-order valence-electron chi connectivity index (χ4n) is 2.74. The van der Waals surface area contributed by atoms with Gasteiger partial charge in [-0.1, -0.05) is 0 Å². The number of hydrogen-bond acceptors (Lipinski definition) is 5. The van der Waals surface area contributed by atoms with Crippen LogP contribution in [0.2, 0.25) is 0 Å². The Balaban J connectivity index is 1.88. The highest BCUT2D eigenvalue weighted by molar-refractivity contribution is 5.67. The Morgan fingerprint density at radius 2 is 2.13 bits per heavy atom. The SMILES string of the molecule is CCOCCOc1ccc2c(c1)CCn1c-2cc(OC)nc1=O. The number of methoxy groups -OCH3 is 1. The van der Waals surface area contributed by atoms with E-state index in [1.54, 1.807) is 10.6 Å². The van der Waals surface area contributed by atoms with Crippen LogP contribution < -0.4 is 15.2 Å². The molecule has 0 atom stereocenters. The number of benzene rings is 1. The van der Waals surface area contributed by atoms with Gasteiger partial charge < -0.3 is 14.2 Å². The minimum atomic E-state index is -0.276. The lowest BCUT2D eigenvalue weighted by Gasteiger charge is -2.22. The van der Waals surface area contributed by atoms with Crippen molar-refractivity contribution in [2.24, 2.45) is 0 Å². The number of nitrogens with zero attached hydrogens (tertiary/aromatic N) is 2. The minimum absolute atomic E-state index is 0.276. The van der Waals surface area contributed by atoms with Crippen LogP contribution >= 0.6 is 0 Å². The van der Waals surface area contributed by atoms with E-state index >= 15 is 0 Å². The maximum absolute atomic E-state index is 12.1. The summed E-state index contributed by atoms with van der Waals surface area (Å²) in [5, 5.41) is 0. The molecule has 0 amide bonds. The topological polar surface area (TPSA) is 62.6 Å². The van der Waals surface area contributed by atoms with E-state index < -0.39 is 0 Å². The second-order valence-corrected chi connectivity index (χ2v) is 5.23. The molecule has 0 saturated carbocycles. The van der Waals surface area contributed by atoms with Crippen molar-refractivity contribution in [1.82, 2.24) is 9.55 Å². The highest BCUT2D eigenvalue weighted by Gasteiger charge is 2.19. The third-order valence-electron chi connectivity index (χ3n) is 3.85. The molecule has 6 heteroatoms. The molecule has 23 heavy (non-hydrogen) atoms. The molecular formula is C17H20N2O4. The van der Waals surface area contributed by atoms with Crippen molar-refractivity contribution >= 4 is 0 Å². The van der Waals surface area contributed by atoms with E-state index in [9.17, 15) is 4.79 Å². The van der Waals surface area contributed by atoms with Gasteiger partial charge in [0.05, 0.1) is 19.4 Å². The van der Waals surface area contributed by atoms with Gasteiger partial charge in [0, 0.05) is 24.8 Å². The number of ether oxygens (including phenoxy) is 3. The van der Waals surface area contributed by atoms with Crippen molar-refractivity contribution in [3.05, 3.63) is 40.3 Å². The molecule has 0 unspecified atom stereocenters. The molecule has 6 nitrogen and oxygen atoms in total. The summed E-state index contributed by atoms with van der Waals surface area (Å²) in [5.41, 5.74) is 2.74. The molecule has 0 aliphatic carbocycles. The molecule has 2 heterocycles. The summed E-state index contributed by atoms with van der Waals surface area (Å²) in [7, 11) is 1.51. The zero-order valence-corrected chi connectivity index (χ0v) is 13.4. The highest BCUT2D eigenvalue weighted by Crippen LogP contribution is 2.32. The summed E-state index contributed by atoms with van der Waals surface area (Å²) in [6.07, 6.45) is 0.777. The first kappa shape index (κ1) is 15.6. The summed E-state index contributed by atoms with van der Waals surface area (Å²) in [5.74, 6) is 1.16. The van der Waals surface area contributed by atoms with Gasteiger partial charge in [0.15, 0.2) is 0 Å². The predicted molar refractivity (Wildman–Crippen MR) is 86.2 cm³/mol. The molecule has 0 fully saturated rings. The molecule has 0 N–H and O–H groups in total. The Morgan fingerprint density at radius 1 is 1.26 bits per heavy atom. The van der Waals surface area contributed by atoms with Crippen molar-refractivity contribution in [3.8, 4) is 22.9 Å². The van der Waals surface area contributed by atoms with E-state index in [2.05, 4.69) is 4.98 Å². The molecule has 0 saturated heterocycles. The minimum Gasteiger partial charge on any atom is -0.491 e. The van der Waals surface area contributed by atoms with Crippen LogP contribution in [0.5, 0.6) is 11.6 Å². The fraction of sp³-hybridized carbons (Fsp3) is 0.412. The fourth-order valence-corrected chi connectivity index (χ4v) is 2.74. The second kappa shape index (κ2) is 6.83. The first-order chi connectivity index (χ1) is 11.2. The Bertz CT molecular complexity index is 755. The number of aromatic nitrogens is 2. The lowest BCUT2D eigenvalue weighted by Crippen LogP contribution is -2.28. The molecule has 122 valence electrons. The van der Waals surface area contributed by atoms with Crippen LogP contribution in [0.4, 0.5) is 0 Å². The average molecular weight is 316 g/mol. The zero-order chi connectivity index (χ0) is 16.2. The highest BCUT2D eigenvalue weighted by atomic mass is 16.5. The second-order valence-electron chi connectivity index (χ2n) is 5.23. The van der Waals surface area contributed by atoms with E-state index in [-0.39, 0.29) is 5.69 Å². The van der Waals surface area contributed by atoms with Gasteiger partial charge in [-0.05, 0) is 37.1 Å². The number of fused-ring (bicyclic) bond motifs is 3. The quantitative estimate of drug-likeness (QED) is 0.762. The van der Waals surface area contributed by atoms with Gasteiger partial charge in [-0.15, -0.1) is 0 Å². The van der Waals surface area contributed by atoms with E-state index in [1.807, 2.05) is 25.1 Å². The first-order valence-corrected chi connectivity index (χ1v) is 7.72. The zero-order valence-electron chi connectivity index (χ0n) is 13.4. The van der Waals surface area contributed by atoms with Crippen molar-refractivity contribution in [3.63, 3.8) is 0 Å². The largest absolute Gasteiger partial charge is 0.491 e. The maximum Gasteiger partial charge on any atom is 0.351 e. The summed E-state index contributed by atoms with van der Waals surface area (Å²) < 4.78 is 17.8. The Morgan fingerprint density at radius 3 is 2.91 bits per heavy atom. The van der Waals surface area contributed by atoms with Crippen LogP contribution in [-0.2, 0) is 17.7 Å². The molecule has 1 aliphatic rings. The van der Waals surface area contributed by atoms with Gasteiger partial charge in [0.25, 0.3) is 0 Å². The van der Waals surface area contributed by atoms with Crippen LogP contribution in [-0.4, -0.2) is 36.5 Å². The summed E-state index contributed by atoms with van der Waals surface area (Å²) in [4.78, 5) is 16.0. The van der Waals surface area contributed by atoms with Crippen molar-refractivity contribution in [2.75, 3.05) is 26.9 Å². The maximum atomic E-state index is 12.1. The Labute approximate surface area is 134 Å². The van der Waals surface area contributed by atoms with Gasteiger partial charge in [-0.3, -0.25) is 4.57 Å². The Kier molecular flexibility index (Phi) is 4.62. The molecule has 0 radical (unpaired) electrons. The molecule has 0 bridgehead atoms. The van der Waals surface area contributed by atoms with E-state index in [4.69, 9.17) is 14.2 Å². The normalized spacial score (nSPS) is 12.4. The lowest BCUT2D eigenvalue weighted by molar-refractivity contribution is 0.110. The number of hydrogen-bond donors (Lipinski definition) is 0. The van der Waals surface area contributed by atoms with Gasteiger partial charge in [0.1, 0.15) is 12.4 Å². The third-order valence-corrected chi connectivity index (χ3v) is 3.85. The number of rotatable bonds is 6. The van der Waals surface area contributed by atoms with Gasteiger partial charge >= 0.3 is 5.69 Å². The summed E-state index contributed by atoms with van der Waals surface area (Å²) in [6.45, 7) is 4.37. The van der Waals surface area contributed by atoms with E-state index in [0.717, 1.165) is 29.0 Å². The molecule has 0 spiro atoms. The van der Waals surface area contributed by atoms with Crippen LogP contribution in [0, 0.1) is 0 Å². The van der Waals surface area contributed by atoms with Gasteiger partial charge in [0.2, 0.25) is 5.88 Å². The Hall–Kier alpha value is -2.34. The van der Waals surface area contributed by atoms with Crippen molar-refractivity contribution < 1.29 is 14.2 Å². The average Bonchev–Trinajstić information content (AvgIpc) is 2.58. The predicted octanol–water partition coefficient (Wildman–Crippen LogP) is 1.89. The molecule has 3 rings (SSSR count). The lowest BCUT2D eigenvalue weighted by atomic mass is 9.97. The third kappa shape index (κ3) is 3.22. The van der Waals surface area contributed by atoms with Gasteiger partial charge in [-0.2, -0.15) is 4.98 Å². The van der Waals surface area contributed by atoms with Crippen molar-refractivity contribution in [2.45, 2.75) is 19.9 Å². The van der Waals surface area contributed by atoms with Gasteiger partial charge in [-0.25, -0.2) is 4.79 Å². The first-order valence-electron chi connectivity index (χ1n) is 7.72. The monoisotopic (exact) mass is 316 g/mol. The van der Waals surface area contributed by atoms with Crippen LogP contribution in [0.1, 0.15) is 12.5 Å².